The number of rotatable bonds is 4. The topological polar surface area (TPSA) is 73.8 Å². The minimum Gasteiger partial charge on any atom is -0.466 e. The van der Waals surface area contributed by atoms with Crippen molar-refractivity contribution in [1.29, 1.82) is 0 Å². The van der Waals surface area contributed by atoms with Crippen LogP contribution < -0.4 is 14.9 Å². The first-order valence-electron chi connectivity index (χ1n) is 9.76. The molecule has 8 heteroatoms. The van der Waals surface area contributed by atoms with E-state index in [2.05, 4.69) is 34.8 Å². The van der Waals surface area contributed by atoms with Gasteiger partial charge >= 0.3 is 5.97 Å². The third-order valence-corrected chi connectivity index (χ3v) is 6.62. The minimum absolute atomic E-state index is 0.233. The summed E-state index contributed by atoms with van der Waals surface area (Å²) in [5.41, 5.74) is 2.67. The number of fused-ring (bicyclic) bond motifs is 1. The van der Waals surface area contributed by atoms with Gasteiger partial charge in [-0.25, -0.2) is 9.79 Å². The lowest BCUT2D eigenvalue weighted by Gasteiger charge is -2.24. The number of esters is 1. The molecule has 4 rings (SSSR count). The molecule has 0 fully saturated rings. The molecule has 6 nitrogen and oxygen atoms in total. The van der Waals surface area contributed by atoms with Crippen molar-refractivity contribution in [3.63, 3.8) is 0 Å². The van der Waals surface area contributed by atoms with Crippen LogP contribution in [0.2, 0.25) is 0 Å². The van der Waals surface area contributed by atoms with Crippen LogP contribution in [0.15, 0.2) is 66.5 Å². The number of carbonyl (C=O) groups is 1. The lowest BCUT2D eigenvalue weighted by atomic mass is 9.93. The quantitative estimate of drug-likeness (QED) is 0.509. The second-order valence-electron chi connectivity index (χ2n) is 7.54. The van der Waals surface area contributed by atoms with Gasteiger partial charge < -0.3 is 9.15 Å². The molecule has 1 unspecified atom stereocenters. The number of allylic oxidation sites excluding steroid dienone is 1. The zero-order valence-corrected chi connectivity index (χ0v) is 19.9. The summed E-state index contributed by atoms with van der Waals surface area (Å²) >= 11 is 4.54. The van der Waals surface area contributed by atoms with Gasteiger partial charge in [-0.3, -0.25) is 9.36 Å². The minimum atomic E-state index is -0.615. The van der Waals surface area contributed by atoms with E-state index in [4.69, 9.17) is 9.15 Å². The van der Waals surface area contributed by atoms with E-state index in [1.165, 1.54) is 24.0 Å². The van der Waals surface area contributed by atoms with Gasteiger partial charge in [-0.15, -0.1) is 0 Å². The number of methoxy groups -OCH3 is 1. The molecule has 3 heterocycles. The van der Waals surface area contributed by atoms with E-state index in [9.17, 15) is 9.59 Å². The van der Waals surface area contributed by atoms with Gasteiger partial charge in [0.15, 0.2) is 9.47 Å². The van der Waals surface area contributed by atoms with Crippen molar-refractivity contribution in [2.24, 2.45) is 4.99 Å². The van der Waals surface area contributed by atoms with Crippen molar-refractivity contribution < 1.29 is 13.9 Å². The highest BCUT2D eigenvalue weighted by Gasteiger charge is 2.33. The van der Waals surface area contributed by atoms with Crippen LogP contribution in [-0.2, 0) is 9.53 Å². The van der Waals surface area contributed by atoms with Crippen molar-refractivity contribution in [1.82, 2.24) is 4.57 Å². The van der Waals surface area contributed by atoms with E-state index >= 15 is 0 Å². The Labute approximate surface area is 191 Å². The fourth-order valence-electron chi connectivity index (χ4n) is 3.61. The summed E-state index contributed by atoms with van der Waals surface area (Å²) in [7, 11) is 1.33. The molecule has 0 N–H and O–H groups in total. The maximum atomic E-state index is 13.4. The molecular formula is C23H21BrN2O4S. The van der Waals surface area contributed by atoms with Crippen LogP contribution in [0.1, 0.15) is 49.6 Å². The van der Waals surface area contributed by atoms with Gasteiger partial charge in [-0.1, -0.05) is 49.4 Å². The van der Waals surface area contributed by atoms with Gasteiger partial charge in [0.1, 0.15) is 5.76 Å². The standard InChI is InChI=1S/C23H21BrN2O4S/c1-12(2)14-5-7-15(8-6-14)20-19(22(28)29-4)13(3)25-23-26(20)21(27)17(31-23)11-16-9-10-18(24)30-16/h5-12,20H,1-4H3/b17-11-. The van der Waals surface area contributed by atoms with E-state index in [-0.39, 0.29) is 5.56 Å². The lowest BCUT2D eigenvalue weighted by Crippen LogP contribution is -2.39. The number of nitrogens with zero attached hydrogens (tertiary/aromatic N) is 2. The largest absolute Gasteiger partial charge is 0.466 e. The molecule has 1 aliphatic rings. The summed E-state index contributed by atoms with van der Waals surface area (Å²) < 4.78 is 13.2. The highest BCUT2D eigenvalue weighted by atomic mass is 79.9. The van der Waals surface area contributed by atoms with Crippen molar-refractivity contribution in [2.45, 2.75) is 32.7 Å². The van der Waals surface area contributed by atoms with Crippen molar-refractivity contribution in [2.75, 3.05) is 7.11 Å². The molecule has 1 aliphatic heterocycles. The number of furan rings is 1. The Morgan fingerprint density at radius 2 is 1.97 bits per heavy atom. The molecule has 2 aromatic heterocycles. The number of benzene rings is 1. The van der Waals surface area contributed by atoms with Crippen molar-refractivity contribution >= 4 is 39.3 Å². The van der Waals surface area contributed by atoms with Crippen molar-refractivity contribution in [3.05, 3.63) is 88.9 Å². The monoisotopic (exact) mass is 500 g/mol. The van der Waals surface area contributed by atoms with Gasteiger partial charge in [-0.2, -0.15) is 0 Å². The average Bonchev–Trinajstić information content (AvgIpc) is 3.29. The molecule has 0 bridgehead atoms. The molecule has 0 radical (unpaired) electrons. The molecule has 1 aromatic carbocycles. The Hall–Kier alpha value is -2.71. The summed E-state index contributed by atoms with van der Waals surface area (Å²) in [5, 5.41) is 0. The van der Waals surface area contributed by atoms with Crippen molar-refractivity contribution in [3.8, 4) is 0 Å². The predicted octanol–water partition coefficient (Wildman–Crippen LogP) is 3.89. The average molecular weight is 501 g/mol. The first-order valence-corrected chi connectivity index (χ1v) is 11.4. The molecule has 160 valence electrons. The molecule has 31 heavy (non-hydrogen) atoms. The van der Waals surface area contributed by atoms with Crippen LogP contribution in [0.3, 0.4) is 0 Å². The van der Waals surface area contributed by atoms with E-state index < -0.39 is 12.0 Å². The number of hydrogen-bond donors (Lipinski definition) is 0. The van der Waals surface area contributed by atoms with E-state index in [0.717, 1.165) is 5.56 Å². The molecule has 0 saturated heterocycles. The van der Waals surface area contributed by atoms with Crippen LogP contribution in [0.5, 0.6) is 0 Å². The number of aromatic nitrogens is 1. The molecule has 0 amide bonds. The van der Waals surface area contributed by atoms with Gasteiger partial charge in [0.2, 0.25) is 0 Å². The second kappa shape index (κ2) is 8.43. The second-order valence-corrected chi connectivity index (χ2v) is 9.33. The Bertz CT molecular complexity index is 1360. The Balaban J connectivity index is 1.95. The number of hydrogen-bond acceptors (Lipinski definition) is 6. The summed E-state index contributed by atoms with van der Waals surface area (Å²) in [6.07, 6.45) is 1.69. The third kappa shape index (κ3) is 3.97. The smallest absolute Gasteiger partial charge is 0.338 e. The van der Waals surface area contributed by atoms with Crippen LogP contribution in [0.4, 0.5) is 0 Å². The van der Waals surface area contributed by atoms with Gasteiger partial charge in [0.05, 0.1) is 29.0 Å². The molecule has 1 atom stereocenters. The summed E-state index contributed by atoms with van der Waals surface area (Å²) in [4.78, 5) is 31.2. The molecule has 3 aromatic rings. The van der Waals surface area contributed by atoms with Crippen LogP contribution >= 0.6 is 27.3 Å². The third-order valence-electron chi connectivity index (χ3n) is 5.21. The summed E-state index contributed by atoms with van der Waals surface area (Å²) in [5.74, 6) is 0.434. The van der Waals surface area contributed by atoms with Crippen LogP contribution in [-0.4, -0.2) is 17.6 Å². The molecule has 0 spiro atoms. The van der Waals surface area contributed by atoms with Gasteiger partial charge in [0, 0.05) is 6.08 Å². The van der Waals surface area contributed by atoms with E-state index in [0.29, 0.717) is 37.0 Å². The fourth-order valence-corrected chi connectivity index (χ4v) is 4.95. The fraction of sp³-hybridized carbons (Fsp3) is 0.261. The maximum absolute atomic E-state index is 13.4. The van der Waals surface area contributed by atoms with Crippen LogP contribution in [0.25, 0.3) is 6.08 Å². The predicted molar refractivity (Wildman–Crippen MR) is 123 cm³/mol. The first kappa shape index (κ1) is 21.5. The number of halogens is 1. The molecule has 0 saturated carbocycles. The SMILES string of the molecule is COC(=O)C1=C(C)N=c2s/c(=C\c3ccc(Br)o3)c(=O)n2C1c1ccc(C(C)C)cc1. The number of ether oxygens (including phenoxy) is 1. The number of carbonyl (C=O) groups excluding carboxylic acids is 1. The normalized spacial score (nSPS) is 16.5. The van der Waals surface area contributed by atoms with Crippen LogP contribution in [0, 0.1) is 0 Å². The highest BCUT2D eigenvalue weighted by Crippen LogP contribution is 2.31. The van der Waals surface area contributed by atoms with E-state index in [1.807, 2.05) is 24.3 Å². The highest BCUT2D eigenvalue weighted by molar-refractivity contribution is 9.10. The Kier molecular flexibility index (Phi) is 5.85. The maximum Gasteiger partial charge on any atom is 0.338 e. The van der Waals surface area contributed by atoms with E-state index in [1.54, 1.807) is 29.7 Å². The summed E-state index contributed by atoms with van der Waals surface area (Å²) in [6.45, 7) is 6.01. The Morgan fingerprint density at radius 3 is 2.55 bits per heavy atom. The number of thiazole rings is 1. The zero-order valence-electron chi connectivity index (χ0n) is 17.5. The first-order chi connectivity index (χ1) is 14.8. The van der Waals surface area contributed by atoms with Gasteiger partial charge in [0.25, 0.3) is 5.56 Å². The molecule has 0 aliphatic carbocycles. The van der Waals surface area contributed by atoms with Gasteiger partial charge in [-0.05, 0) is 52.0 Å². The lowest BCUT2D eigenvalue weighted by molar-refractivity contribution is -0.136. The molecular weight excluding hydrogens is 480 g/mol. The summed E-state index contributed by atoms with van der Waals surface area (Å²) in [6, 6.07) is 10.9. The zero-order chi connectivity index (χ0) is 22.3. The Morgan fingerprint density at radius 1 is 1.26 bits per heavy atom.